The SMILES string of the molecule is CCC(C)(C)c1cn(-c2cc(Cl)ccc2O)nn1. The Morgan fingerprint density at radius 3 is 2.78 bits per heavy atom. The van der Waals surface area contributed by atoms with Crippen LogP contribution in [0.2, 0.25) is 5.02 Å². The van der Waals surface area contributed by atoms with Crippen molar-refractivity contribution in [2.24, 2.45) is 0 Å². The Labute approximate surface area is 111 Å². The van der Waals surface area contributed by atoms with Crippen LogP contribution in [-0.2, 0) is 5.41 Å². The lowest BCUT2D eigenvalue weighted by Gasteiger charge is -2.18. The van der Waals surface area contributed by atoms with Crippen LogP contribution >= 0.6 is 11.6 Å². The molecule has 5 heteroatoms. The molecular formula is C13H16ClN3O. The minimum absolute atomic E-state index is 0.0353. The third-order valence-electron chi connectivity index (χ3n) is 3.25. The van der Waals surface area contributed by atoms with Crippen molar-refractivity contribution in [1.29, 1.82) is 0 Å². The lowest BCUT2D eigenvalue weighted by Crippen LogP contribution is -2.15. The summed E-state index contributed by atoms with van der Waals surface area (Å²) in [6, 6.07) is 4.84. The van der Waals surface area contributed by atoms with E-state index in [1.807, 2.05) is 6.20 Å². The number of halogens is 1. The van der Waals surface area contributed by atoms with Gasteiger partial charge in [0.15, 0.2) is 0 Å². The van der Waals surface area contributed by atoms with Crippen molar-refractivity contribution < 1.29 is 5.11 Å². The Bertz CT molecular complexity index is 563. The first kappa shape index (κ1) is 12.9. The molecule has 18 heavy (non-hydrogen) atoms. The summed E-state index contributed by atoms with van der Waals surface area (Å²) in [5, 5.41) is 18.6. The van der Waals surface area contributed by atoms with Gasteiger partial charge in [0.1, 0.15) is 11.4 Å². The summed E-state index contributed by atoms with van der Waals surface area (Å²) >= 11 is 5.92. The Morgan fingerprint density at radius 2 is 2.11 bits per heavy atom. The first-order valence-electron chi connectivity index (χ1n) is 5.86. The van der Waals surface area contributed by atoms with Crippen molar-refractivity contribution in [2.45, 2.75) is 32.6 Å². The number of phenols is 1. The summed E-state index contributed by atoms with van der Waals surface area (Å²) in [6.45, 7) is 6.33. The summed E-state index contributed by atoms with van der Waals surface area (Å²) in [5.41, 5.74) is 1.39. The van der Waals surface area contributed by atoms with E-state index in [4.69, 9.17) is 11.6 Å². The molecule has 0 radical (unpaired) electrons. The van der Waals surface area contributed by atoms with Gasteiger partial charge in [-0.2, -0.15) is 0 Å². The normalized spacial score (nSPS) is 11.8. The van der Waals surface area contributed by atoms with Crippen LogP contribution < -0.4 is 0 Å². The van der Waals surface area contributed by atoms with Gasteiger partial charge in [0.05, 0.1) is 11.9 Å². The van der Waals surface area contributed by atoms with Crippen LogP contribution in [0.1, 0.15) is 32.9 Å². The van der Waals surface area contributed by atoms with Gasteiger partial charge in [-0.15, -0.1) is 5.10 Å². The summed E-state index contributed by atoms with van der Waals surface area (Å²) in [4.78, 5) is 0. The number of rotatable bonds is 3. The average molecular weight is 266 g/mol. The highest BCUT2D eigenvalue weighted by Crippen LogP contribution is 2.28. The van der Waals surface area contributed by atoms with E-state index in [2.05, 4.69) is 31.1 Å². The van der Waals surface area contributed by atoms with Gasteiger partial charge in [0.2, 0.25) is 0 Å². The van der Waals surface area contributed by atoms with Crippen molar-refractivity contribution in [1.82, 2.24) is 15.0 Å². The lowest BCUT2D eigenvalue weighted by atomic mass is 9.87. The number of hydrogen-bond acceptors (Lipinski definition) is 3. The highest BCUT2D eigenvalue weighted by Gasteiger charge is 2.22. The van der Waals surface area contributed by atoms with Crippen molar-refractivity contribution in [3.8, 4) is 11.4 Å². The number of benzene rings is 1. The van der Waals surface area contributed by atoms with Gasteiger partial charge in [-0.25, -0.2) is 4.68 Å². The fourth-order valence-electron chi connectivity index (χ4n) is 1.55. The molecular weight excluding hydrogens is 250 g/mol. The van der Waals surface area contributed by atoms with E-state index >= 15 is 0 Å². The quantitative estimate of drug-likeness (QED) is 0.926. The molecule has 96 valence electrons. The molecule has 0 unspecified atom stereocenters. The first-order valence-corrected chi connectivity index (χ1v) is 6.23. The van der Waals surface area contributed by atoms with Crippen LogP contribution in [0.5, 0.6) is 5.75 Å². The third-order valence-corrected chi connectivity index (χ3v) is 3.49. The smallest absolute Gasteiger partial charge is 0.141 e. The highest BCUT2D eigenvalue weighted by molar-refractivity contribution is 6.30. The molecule has 0 saturated carbocycles. The van der Waals surface area contributed by atoms with Crippen molar-refractivity contribution in [3.63, 3.8) is 0 Å². The predicted molar refractivity (Wildman–Crippen MR) is 71.4 cm³/mol. The van der Waals surface area contributed by atoms with Crippen LogP contribution in [0.15, 0.2) is 24.4 Å². The molecule has 0 fully saturated rings. The van der Waals surface area contributed by atoms with Crippen molar-refractivity contribution >= 4 is 11.6 Å². The van der Waals surface area contributed by atoms with Crippen molar-refractivity contribution in [3.05, 3.63) is 35.1 Å². The maximum atomic E-state index is 9.81. The van der Waals surface area contributed by atoms with Gasteiger partial charge in [0.25, 0.3) is 0 Å². The maximum Gasteiger partial charge on any atom is 0.141 e. The molecule has 0 atom stereocenters. The number of aromatic nitrogens is 3. The fourth-order valence-corrected chi connectivity index (χ4v) is 1.72. The number of phenolic OH excluding ortho intramolecular Hbond substituents is 1. The lowest BCUT2D eigenvalue weighted by molar-refractivity contribution is 0.470. The molecule has 1 N–H and O–H groups in total. The fraction of sp³-hybridized carbons (Fsp3) is 0.385. The van der Waals surface area contributed by atoms with E-state index < -0.39 is 0 Å². The molecule has 0 saturated heterocycles. The van der Waals surface area contributed by atoms with Crippen LogP contribution in [0.4, 0.5) is 0 Å². The van der Waals surface area contributed by atoms with Crippen LogP contribution in [-0.4, -0.2) is 20.1 Å². The van der Waals surface area contributed by atoms with E-state index in [1.165, 1.54) is 0 Å². The molecule has 1 heterocycles. The predicted octanol–water partition coefficient (Wildman–Crippen LogP) is 3.31. The molecule has 0 aliphatic rings. The molecule has 0 spiro atoms. The second kappa shape index (κ2) is 4.61. The summed E-state index contributed by atoms with van der Waals surface area (Å²) in [7, 11) is 0. The van der Waals surface area contributed by atoms with E-state index in [-0.39, 0.29) is 11.2 Å². The van der Waals surface area contributed by atoms with Gasteiger partial charge in [0, 0.05) is 10.4 Å². The van der Waals surface area contributed by atoms with Crippen LogP contribution in [0.25, 0.3) is 5.69 Å². The molecule has 1 aromatic heterocycles. The number of nitrogens with zero attached hydrogens (tertiary/aromatic N) is 3. The van der Waals surface area contributed by atoms with Gasteiger partial charge >= 0.3 is 0 Å². The second-order valence-corrected chi connectivity index (χ2v) is 5.36. The van der Waals surface area contributed by atoms with E-state index in [0.29, 0.717) is 10.7 Å². The molecule has 0 bridgehead atoms. The topological polar surface area (TPSA) is 50.9 Å². The van der Waals surface area contributed by atoms with Crippen molar-refractivity contribution in [2.75, 3.05) is 0 Å². The Hall–Kier alpha value is -1.55. The molecule has 1 aromatic carbocycles. The van der Waals surface area contributed by atoms with E-state index in [0.717, 1.165) is 12.1 Å². The molecule has 0 amide bonds. The molecule has 4 nitrogen and oxygen atoms in total. The molecule has 2 aromatic rings. The number of hydrogen-bond donors (Lipinski definition) is 1. The monoisotopic (exact) mass is 265 g/mol. The van der Waals surface area contributed by atoms with Gasteiger partial charge in [-0.1, -0.05) is 37.6 Å². The zero-order valence-corrected chi connectivity index (χ0v) is 11.4. The minimum Gasteiger partial charge on any atom is -0.506 e. The minimum atomic E-state index is -0.0353. The number of aromatic hydroxyl groups is 1. The third kappa shape index (κ3) is 2.34. The van der Waals surface area contributed by atoms with E-state index in [9.17, 15) is 5.11 Å². The first-order chi connectivity index (χ1) is 8.44. The van der Waals surface area contributed by atoms with Gasteiger partial charge in [-0.3, -0.25) is 0 Å². The van der Waals surface area contributed by atoms with Crippen LogP contribution in [0.3, 0.4) is 0 Å². The summed E-state index contributed by atoms with van der Waals surface area (Å²) < 4.78 is 1.55. The zero-order chi connectivity index (χ0) is 13.3. The van der Waals surface area contributed by atoms with E-state index in [1.54, 1.807) is 22.9 Å². The standard InChI is InChI=1S/C13H16ClN3O/c1-4-13(2,3)12-8-17(16-15-12)10-7-9(14)5-6-11(10)18/h5-8,18H,4H2,1-3H3. The largest absolute Gasteiger partial charge is 0.506 e. The summed E-state index contributed by atoms with van der Waals surface area (Å²) in [5.74, 6) is 0.130. The Balaban J connectivity index is 2.44. The average Bonchev–Trinajstić information content (AvgIpc) is 2.82. The molecule has 2 rings (SSSR count). The second-order valence-electron chi connectivity index (χ2n) is 4.92. The highest BCUT2D eigenvalue weighted by atomic mass is 35.5. The van der Waals surface area contributed by atoms with Gasteiger partial charge in [-0.05, 0) is 24.6 Å². The maximum absolute atomic E-state index is 9.81. The summed E-state index contributed by atoms with van der Waals surface area (Å²) in [6.07, 6.45) is 2.79. The zero-order valence-electron chi connectivity index (χ0n) is 10.7. The van der Waals surface area contributed by atoms with Gasteiger partial charge < -0.3 is 5.11 Å². The Morgan fingerprint density at radius 1 is 1.39 bits per heavy atom. The Kier molecular flexibility index (Phi) is 3.30. The van der Waals surface area contributed by atoms with Crippen LogP contribution in [0, 0.1) is 0 Å². The molecule has 0 aliphatic carbocycles. The molecule has 0 aliphatic heterocycles.